The molecule has 0 saturated carbocycles. The Hall–Kier alpha value is -2.87. The number of thiophene rings is 1. The zero-order valence-corrected chi connectivity index (χ0v) is 18.3. The number of benzene rings is 1. The van der Waals surface area contributed by atoms with Crippen molar-refractivity contribution < 1.29 is 19.1 Å². The number of carbonyl (C=O) groups excluding carboxylic acids is 3. The lowest BCUT2D eigenvalue weighted by atomic mass is 10.0. The summed E-state index contributed by atoms with van der Waals surface area (Å²) in [5, 5.41) is 0.699. The standard InChI is InChI=1S/C22H25N3O4S/c1-23-13-19(27)24(2)22-20(21(23)28)16-9-10-25(12-17(16)30-22)18(26)8-7-14-5-4-6-15(11-14)29-3/h4-6,11H,7-10,12-13H2,1-3H3. The van der Waals surface area contributed by atoms with Gasteiger partial charge >= 0.3 is 0 Å². The van der Waals surface area contributed by atoms with E-state index in [2.05, 4.69) is 0 Å². The quantitative estimate of drug-likeness (QED) is 0.751. The van der Waals surface area contributed by atoms with Crippen molar-refractivity contribution in [3.8, 4) is 5.75 Å². The highest BCUT2D eigenvalue weighted by molar-refractivity contribution is 7.17. The molecule has 4 rings (SSSR count). The molecule has 2 aromatic rings. The number of rotatable bonds is 4. The molecule has 3 heterocycles. The van der Waals surface area contributed by atoms with Gasteiger partial charge in [0.05, 0.1) is 19.2 Å². The number of anilines is 1. The van der Waals surface area contributed by atoms with E-state index in [9.17, 15) is 14.4 Å². The molecule has 30 heavy (non-hydrogen) atoms. The number of ether oxygens (including phenoxy) is 1. The number of amides is 3. The van der Waals surface area contributed by atoms with Gasteiger partial charge in [-0.2, -0.15) is 0 Å². The molecule has 7 nitrogen and oxygen atoms in total. The van der Waals surface area contributed by atoms with Gasteiger partial charge in [-0.25, -0.2) is 0 Å². The summed E-state index contributed by atoms with van der Waals surface area (Å²) in [5.41, 5.74) is 2.69. The summed E-state index contributed by atoms with van der Waals surface area (Å²) in [5.74, 6) is 0.670. The molecule has 0 aliphatic carbocycles. The van der Waals surface area contributed by atoms with Crippen LogP contribution in [0, 0.1) is 0 Å². The number of carbonyl (C=O) groups is 3. The summed E-state index contributed by atoms with van der Waals surface area (Å²) >= 11 is 1.46. The van der Waals surface area contributed by atoms with Gasteiger partial charge < -0.3 is 19.4 Å². The van der Waals surface area contributed by atoms with Crippen molar-refractivity contribution in [3.63, 3.8) is 0 Å². The van der Waals surface area contributed by atoms with Crippen LogP contribution in [0.5, 0.6) is 5.75 Å². The van der Waals surface area contributed by atoms with Crippen molar-refractivity contribution in [1.82, 2.24) is 9.80 Å². The molecule has 0 spiro atoms. The zero-order chi connectivity index (χ0) is 21.4. The number of hydrogen-bond acceptors (Lipinski definition) is 5. The van der Waals surface area contributed by atoms with Crippen LogP contribution in [-0.4, -0.2) is 61.8 Å². The lowest BCUT2D eigenvalue weighted by Gasteiger charge is -2.27. The number of nitrogens with zero attached hydrogens (tertiary/aromatic N) is 3. The number of hydrogen-bond donors (Lipinski definition) is 0. The highest BCUT2D eigenvalue weighted by Gasteiger charge is 2.36. The Morgan fingerprint density at radius 1 is 1.20 bits per heavy atom. The predicted octanol–water partition coefficient (Wildman–Crippen LogP) is 2.32. The molecular formula is C22H25N3O4S. The monoisotopic (exact) mass is 427 g/mol. The van der Waals surface area contributed by atoms with E-state index in [1.807, 2.05) is 29.2 Å². The van der Waals surface area contributed by atoms with E-state index in [1.165, 1.54) is 16.2 Å². The molecule has 158 valence electrons. The normalized spacial score (nSPS) is 16.3. The summed E-state index contributed by atoms with van der Waals surface area (Å²) in [4.78, 5) is 43.9. The fourth-order valence-corrected chi connectivity index (χ4v) is 5.31. The van der Waals surface area contributed by atoms with Gasteiger partial charge in [-0.15, -0.1) is 11.3 Å². The van der Waals surface area contributed by atoms with Gasteiger partial charge in [0.1, 0.15) is 17.3 Å². The van der Waals surface area contributed by atoms with E-state index in [0.29, 0.717) is 42.9 Å². The molecule has 0 saturated heterocycles. The second-order valence-electron chi connectivity index (χ2n) is 7.71. The highest BCUT2D eigenvalue weighted by atomic mass is 32.1. The average Bonchev–Trinajstić information content (AvgIpc) is 3.11. The highest BCUT2D eigenvalue weighted by Crippen LogP contribution is 2.40. The third kappa shape index (κ3) is 3.67. The first-order valence-electron chi connectivity index (χ1n) is 9.96. The first kappa shape index (κ1) is 20.4. The van der Waals surface area contributed by atoms with Crippen LogP contribution in [0.25, 0.3) is 0 Å². The van der Waals surface area contributed by atoms with Gasteiger partial charge in [0, 0.05) is 31.9 Å². The fourth-order valence-electron chi connectivity index (χ4n) is 3.98. The van der Waals surface area contributed by atoms with Crippen molar-refractivity contribution in [2.24, 2.45) is 0 Å². The van der Waals surface area contributed by atoms with Crippen LogP contribution in [-0.2, 0) is 29.0 Å². The molecule has 0 radical (unpaired) electrons. The van der Waals surface area contributed by atoms with Crippen molar-refractivity contribution >= 4 is 34.1 Å². The van der Waals surface area contributed by atoms with Crippen molar-refractivity contribution in [3.05, 3.63) is 45.8 Å². The van der Waals surface area contributed by atoms with Gasteiger partial charge in [-0.05, 0) is 36.1 Å². The molecule has 0 unspecified atom stereocenters. The summed E-state index contributed by atoms with van der Waals surface area (Å²) < 4.78 is 5.25. The van der Waals surface area contributed by atoms with Crippen LogP contribution in [0.3, 0.4) is 0 Å². The Morgan fingerprint density at radius 3 is 2.77 bits per heavy atom. The van der Waals surface area contributed by atoms with Crippen LogP contribution in [0.2, 0.25) is 0 Å². The van der Waals surface area contributed by atoms with Crippen LogP contribution >= 0.6 is 11.3 Å². The van der Waals surface area contributed by atoms with E-state index in [1.54, 1.807) is 26.1 Å². The smallest absolute Gasteiger partial charge is 0.257 e. The molecule has 0 atom stereocenters. The third-order valence-corrected chi connectivity index (χ3v) is 7.06. The average molecular weight is 428 g/mol. The van der Waals surface area contributed by atoms with E-state index in [0.717, 1.165) is 21.8 Å². The zero-order valence-electron chi connectivity index (χ0n) is 17.4. The Labute approximate surface area is 179 Å². The number of methoxy groups -OCH3 is 1. The molecule has 0 N–H and O–H groups in total. The van der Waals surface area contributed by atoms with Gasteiger partial charge in [-0.1, -0.05) is 12.1 Å². The summed E-state index contributed by atoms with van der Waals surface area (Å²) in [6.07, 6.45) is 1.71. The van der Waals surface area contributed by atoms with Crippen molar-refractivity contribution in [2.45, 2.75) is 25.8 Å². The van der Waals surface area contributed by atoms with Gasteiger partial charge in [0.15, 0.2) is 0 Å². The van der Waals surface area contributed by atoms with E-state index in [-0.39, 0.29) is 24.3 Å². The summed E-state index contributed by atoms with van der Waals surface area (Å²) in [6.45, 7) is 1.16. The number of likely N-dealkylation sites (N-methyl/N-ethyl adjacent to an activating group) is 2. The second kappa shape index (κ2) is 8.10. The molecule has 3 amide bonds. The van der Waals surface area contributed by atoms with Crippen LogP contribution in [0.15, 0.2) is 24.3 Å². The topological polar surface area (TPSA) is 70.2 Å². The van der Waals surface area contributed by atoms with Gasteiger partial charge in [0.2, 0.25) is 11.8 Å². The van der Waals surface area contributed by atoms with E-state index in [4.69, 9.17) is 4.74 Å². The third-order valence-electron chi connectivity index (χ3n) is 5.76. The minimum Gasteiger partial charge on any atom is -0.497 e. The van der Waals surface area contributed by atoms with Crippen molar-refractivity contribution in [2.75, 3.05) is 39.2 Å². The first-order chi connectivity index (χ1) is 14.4. The van der Waals surface area contributed by atoms with E-state index >= 15 is 0 Å². The molecule has 1 aromatic carbocycles. The summed E-state index contributed by atoms with van der Waals surface area (Å²) in [6, 6.07) is 7.76. The molecule has 2 aliphatic heterocycles. The molecule has 1 aromatic heterocycles. The summed E-state index contributed by atoms with van der Waals surface area (Å²) in [7, 11) is 5.00. The number of fused-ring (bicyclic) bond motifs is 3. The molecule has 0 fully saturated rings. The Balaban J connectivity index is 1.49. The Kier molecular flexibility index (Phi) is 5.51. The van der Waals surface area contributed by atoms with Crippen LogP contribution < -0.4 is 9.64 Å². The lowest BCUT2D eigenvalue weighted by Crippen LogP contribution is -2.37. The molecule has 2 aliphatic rings. The molecule has 8 heteroatoms. The molecule has 0 bridgehead atoms. The minimum atomic E-state index is -0.113. The molecular weight excluding hydrogens is 402 g/mol. The Morgan fingerprint density at radius 2 is 2.00 bits per heavy atom. The second-order valence-corrected chi connectivity index (χ2v) is 8.80. The SMILES string of the molecule is COc1cccc(CCC(=O)N2CCc3c(sc4c3C(=O)N(C)CC(=O)N4C)C2)c1. The maximum Gasteiger partial charge on any atom is 0.257 e. The maximum absolute atomic E-state index is 12.9. The number of aryl methyl sites for hydroxylation is 1. The van der Waals surface area contributed by atoms with Crippen molar-refractivity contribution in [1.29, 1.82) is 0 Å². The van der Waals surface area contributed by atoms with E-state index < -0.39 is 0 Å². The largest absolute Gasteiger partial charge is 0.497 e. The Bertz CT molecular complexity index is 1020. The lowest BCUT2D eigenvalue weighted by molar-refractivity contribution is -0.132. The minimum absolute atomic E-state index is 0.0837. The fraction of sp³-hybridized carbons (Fsp3) is 0.409. The first-order valence-corrected chi connectivity index (χ1v) is 10.8. The maximum atomic E-state index is 12.9. The van der Waals surface area contributed by atoms with Gasteiger partial charge in [-0.3, -0.25) is 14.4 Å². The van der Waals surface area contributed by atoms with Crippen LogP contribution in [0.1, 0.15) is 32.8 Å². The predicted molar refractivity (Wildman–Crippen MR) is 115 cm³/mol. The van der Waals surface area contributed by atoms with Gasteiger partial charge in [0.25, 0.3) is 5.91 Å². The van der Waals surface area contributed by atoms with Crippen LogP contribution in [0.4, 0.5) is 5.00 Å².